The van der Waals surface area contributed by atoms with E-state index in [0.717, 1.165) is 15.8 Å². The predicted molar refractivity (Wildman–Crippen MR) is 45.8 cm³/mol. The topological polar surface area (TPSA) is 38.7 Å². The fraction of sp³-hybridized carbons (Fsp3) is 0.167. The van der Waals surface area contributed by atoms with Crippen molar-refractivity contribution in [2.24, 2.45) is 0 Å². The van der Waals surface area contributed by atoms with Crippen molar-refractivity contribution >= 4 is 22.9 Å². The minimum atomic E-state index is 0.752. The van der Waals surface area contributed by atoms with Crippen molar-refractivity contribution in [3.8, 4) is 10.8 Å². The van der Waals surface area contributed by atoms with Crippen LogP contribution in [-0.4, -0.2) is 14.3 Å². The smallest absolute Gasteiger partial charge is 0.202 e. The van der Waals surface area contributed by atoms with Gasteiger partial charge in [0, 0.05) is 11.6 Å². The lowest BCUT2D eigenvalue weighted by Crippen LogP contribution is -1.76. The van der Waals surface area contributed by atoms with Gasteiger partial charge in [0.2, 0.25) is 5.82 Å². The van der Waals surface area contributed by atoms with Crippen LogP contribution in [0, 0.1) is 6.92 Å². The van der Waals surface area contributed by atoms with E-state index in [-0.39, 0.29) is 0 Å². The summed E-state index contributed by atoms with van der Waals surface area (Å²) in [7, 11) is 0. The fourth-order valence-electron chi connectivity index (χ4n) is 0.720. The zero-order chi connectivity index (χ0) is 7.68. The molecule has 0 fully saturated rings. The highest BCUT2D eigenvalue weighted by Gasteiger charge is 2.04. The van der Waals surface area contributed by atoms with E-state index < -0.39 is 0 Å². The Bertz CT molecular complexity index is 338. The van der Waals surface area contributed by atoms with Crippen LogP contribution in [0.5, 0.6) is 0 Å². The van der Waals surface area contributed by atoms with E-state index in [0.29, 0.717) is 0 Å². The van der Waals surface area contributed by atoms with Gasteiger partial charge in [-0.25, -0.2) is 9.97 Å². The number of hydrogen-bond donors (Lipinski definition) is 0. The summed E-state index contributed by atoms with van der Waals surface area (Å²) in [6.07, 6.45) is 1.76. The Morgan fingerprint density at radius 1 is 1.45 bits per heavy atom. The largest absolute Gasteiger partial charge is 0.241 e. The number of thiazole rings is 1. The van der Waals surface area contributed by atoms with Crippen LogP contribution in [0.1, 0.15) is 5.01 Å². The van der Waals surface area contributed by atoms with Gasteiger partial charge in [-0.15, -0.1) is 11.3 Å². The van der Waals surface area contributed by atoms with Crippen LogP contribution in [0.2, 0.25) is 0 Å². The molecule has 2 aromatic heterocycles. The normalized spacial score (nSPS) is 10.3. The van der Waals surface area contributed by atoms with E-state index in [1.54, 1.807) is 17.5 Å². The monoisotopic (exact) mass is 183 g/mol. The highest BCUT2D eigenvalue weighted by atomic mass is 32.1. The number of hydrogen-bond acceptors (Lipinski definition) is 5. The maximum atomic E-state index is 4.21. The van der Waals surface area contributed by atoms with E-state index >= 15 is 0 Å². The fourth-order valence-corrected chi connectivity index (χ4v) is 1.82. The summed E-state index contributed by atoms with van der Waals surface area (Å²) in [5, 5.41) is 3.80. The SMILES string of the molecule is Cc1nc(-c2nccs2)ns1. The van der Waals surface area contributed by atoms with Crippen molar-refractivity contribution in [3.05, 3.63) is 16.6 Å². The Morgan fingerprint density at radius 3 is 2.91 bits per heavy atom. The van der Waals surface area contributed by atoms with Gasteiger partial charge in [-0.2, -0.15) is 4.37 Å². The highest BCUT2D eigenvalue weighted by molar-refractivity contribution is 7.13. The molecule has 0 aliphatic rings. The molecule has 0 atom stereocenters. The van der Waals surface area contributed by atoms with Crippen molar-refractivity contribution in [2.75, 3.05) is 0 Å². The first-order valence-corrected chi connectivity index (χ1v) is 4.72. The minimum Gasteiger partial charge on any atom is -0.241 e. The third kappa shape index (κ3) is 1.29. The summed E-state index contributed by atoms with van der Waals surface area (Å²) in [4.78, 5) is 8.31. The van der Waals surface area contributed by atoms with Crippen molar-refractivity contribution in [1.82, 2.24) is 14.3 Å². The standard InChI is InChI=1S/C6H5N3S2/c1-4-8-5(9-11-4)6-7-2-3-10-6/h2-3H,1H3. The molecule has 0 aliphatic heterocycles. The van der Waals surface area contributed by atoms with Gasteiger partial charge in [-0.1, -0.05) is 0 Å². The molecular weight excluding hydrogens is 178 g/mol. The molecule has 0 N–H and O–H groups in total. The molecule has 0 amide bonds. The molecule has 2 aromatic rings. The molecule has 0 bridgehead atoms. The number of aromatic nitrogens is 3. The van der Waals surface area contributed by atoms with Gasteiger partial charge >= 0.3 is 0 Å². The second kappa shape index (κ2) is 2.67. The van der Waals surface area contributed by atoms with E-state index in [9.17, 15) is 0 Å². The average Bonchev–Trinajstić information content (AvgIpc) is 2.55. The lowest BCUT2D eigenvalue weighted by molar-refractivity contribution is 1.24. The van der Waals surface area contributed by atoms with Gasteiger partial charge in [0.1, 0.15) is 5.01 Å². The van der Waals surface area contributed by atoms with E-state index in [2.05, 4.69) is 14.3 Å². The number of aryl methyl sites for hydroxylation is 1. The first-order chi connectivity index (χ1) is 5.36. The van der Waals surface area contributed by atoms with Crippen LogP contribution in [0.15, 0.2) is 11.6 Å². The number of nitrogens with zero attached hydrogens (tertiary/aromatic N) is 3. The lowest BCUT2D eigenvalue weighted by atomic mass is 10.6. The molecule has 56 valence electrons. The van der Waals surface area contributed by atoms with Crippen molar-refractivity contribution in [3.63, 3.8) is 0 Å². The molecule has 0 aromatic carbocycles. The van der Waals surface area contributed by atoms with Crippen LogP contribution in [-0.2, 0) is 0 Å². The summed E-state index contributed by atoms with van der Waals surface area (Å²) in [5.41, 5.74) is 0. The molecule has 0 saturated heterocycles. The third-order valence-electron chi connectivity index (χ3n) is 1.15. The van der Waals surface area contributed by atoms with Gasteiger partial charge in [0.15, 0.2) is 5.01 Å². The zero-order valence-electron chi connectivity index (χ0n) is 5.81. The average molecular weight is 183 g/mol. The molecule has 0 spiro atoms. The third-order valence-corrected chi connectivity index (χ3v) is 2.54. The van der Waals surface area contributed by atoms with Crippen LogP contribution < -0.4 is 0 Å². The summed E-state index contributed by atoms with van der Waals surface area (Å²) in [6.45, 7) is 1.94. The summed E-state index contributed by atoms with van der Waals surface area (Å²) in [5.74, 6) is 0.752. The van der Waals surface area contributed by atoms with Crippen molar-refractivity contribution in [2.45, 2.75) is 6.92 Å². The highest BCUT2D eigenvalue weighted by Crippen LogP contribution is 2.19. The Hall–Kier alpha value is -0.810. The van der Waals surface area contributed by atoms with E-state index in [1.807, 2.05) is 12.3 Å². The molecule has 0 saturated carbocycles. The molecule has 5 heteroatoms. The lowest BCUT2D eigenvalue weighted by Gasteiger charge is -1.81. The Kier molecular flexibility index (Phi) is 1.67. The zero-order valence-corrected chi connectivity index (χ0v) is 7.45. The summed E-state index contributed by atoms with van der Waals surface area (Å²) in [6, 6.07) is 0. The van der Waals surface area contributed by atoms with Gasteiger partial charge < -0.3 is 0 Å². The molecule has 0 unspecified atom stereocenters. The van der Waals surface area contributed by atoms with Gasteiger partial charge in [0.25, 0.3) is 0 Å². The van der Waals surface area contributed by atoms with E-state index in [4.69, 9.17) is 0 Å². The molecule has 0 radical (unpaired) electrons. The van der Waals surface area contributed by atoms with Crippen molar-refractivity contribution in [1.29, 1.82) is 0 Å². The minimum absolute atomic E-state index is 0.752. The number of rotatable bonds is 1. The van der Waals surface area contributed by atoms with Crippen LogP contribution in [0.3, 0.4) is 0 Å². The maximum Gasteiger partial charge on any atom is 0.202 e. The Labute approximate surface area is 71.9 Å². The Morgan fingerprint density at radius 2 is 2.36 bits per heavy atom. The van der Waals surface area contributed by atoms with E-state index in [1.165, 1.54) is 11.5 Å². The second-order valence-corrected chi connectivity index (χ2v) is 3.82. The predicted octanol–water partition coefficient (Wildman–Crippen LogP) is 1.97. The van der Waals surface area contributed by atoms with Gasteiger partial charge in [-0.05, 0) is 18.5 Å². The van der Waals surface area contributed by atoms with Crippen molar-refractivity contribution < 1.29 is 0 Å². The quantitative estimate of drug-likeness (QED) is 0.678. The van der Waals surface area contributed by atoms with Crippen LogP contribution in [0.25, 0.3) is 10.8 Å². The van der Waals surface area contributed by atoms with Crippen LogP contribution in [0.4, 0.5) is 0 Å². The molecular formula is C6H5N3S2. The first-order valence-electron chi connectivity index (χ1n) is 3.06. The van der Waals surface area contributed by atoms with Crippen LogP contribution >= 0.6 is 22.9 Å². The first kappa shape index (κ1) is 6.87. The molecule has 2 rings (SSSR count). The summed E-state index contributed by atoms with van der Waals surface area (Å²) >= 11 is 2.97. The van der Waals surface area contributed by atoms with Gasteiger partial charge in [-0.3, -0.25) is 0 Å². The molecule has 11 heavy (non-hydrogen) atoms. The van der Waals surface area contributed by atoms with Gasteiger partial charge in [0.05, 0.1) is 0 Å². The summed E-state index contributed by atoms with van der Waals surface area (Å²) < 4.78 is 4.14. The maximum absolute atomic E-state index is 4.21. The molecule has 0 aliphatic carbocycles. The molecule has 2 heterocycles. The molecule has 3 nitrogen and oxygen atoms in total. The Balaban J connectivity index is 2.45. The second-order valence-electron chi connectivity index (χ2n) is 1.97.